The summed E-state index contributed by atoms with van der Waals surface area (Å²) in [5, 5.41) is 11.1. The Bertz CT molecular complexity index is 1120. The van der Waals surface area contributed by atoms with Crippen molar-refractivity contribution in [2.45, 2.75) is 43.8 Å². The Balaban J connectivity index is 1.40. The van der Waals surface area contributed by atoms with Crippen molar-refractivity contribution in [2.24, 2.45) is 0 Å². The van der Waals surface area contributed by atoms with Gasteiger partial charge in [-0.1, -0.05) is 18.2 Å². The second-order valence-corrected chi connectivity index (χ2v) is 7.44. The van der Waals surface area contributed by atoms with Gasteiger partial charge in [-0.25, -0.2) is 5.10 Å². The molecular formula is C21H19F3N4O2. The van der Waals surface area contributed by atoms with Gasteiger partial charge in [0.15, 0.2) is 0 Å². The van der Waals surface area contributed by atoms with Crippen LogP contribution in [0.1, 0.15) is 53.3 Å². The number of nitrogens with zero attached hydrogens (tertiary/aromatic N) is 2. The summed E-state index contributed by atoms with van der Waals surface area (Å²) in [6.45, 7) is 0. The van der Waals surface area contributed by atoms with Crippen LogP contribution in [0, 0.1) is 0 Å². The minimum atomic E-state index is -4.49. The number of alkyl halides is 3. The van der Waals surface area contributed by atoms with E-state index in [1.807, 2.05) is 18.2 Å². The third-order valence-corrected chi connectivity index (χ3v) is 5.50. The average molecular weight is 416 g/mol. The topological polar surface area (TPSA) is 87.7 Å². The summed E-state index contributed by atoms with van der Waals surface area (Å²) in [7, 11) is 0. The molecule has 1 aliphatic rings. The van der Waals surface area contributed by atoms with E-state index in [9.17, 15) is 22.8 Å². The SMILES string of the molecule is O=C(N[C@H]1CC[C@H](c2n[nH]c(=O)c3ccccc32)CC1)c1ccc(C(F)(F)F)cn1. The maximum absolute atomic E-state index is 12.6. The molecule has 1 amide bonds. The quantitative estimate of drug-likeness (QED) is 0.680. The van der Waals surface area contributed by atoms with Crippen LogP contribution in [-0.2, 0) is 6.18 Å². The van der Waals surface area contributed by atoms with Gasteiger partial charge in [0.1, 0.15) is 5.69 Å². The van der Waals surface area contributed by atoms with Crippen LogP contribution in [0.4, 0.5) is 13.2 Å². The number of nitrogens with one attached hydrogen (secondary N) is 2. The summed E-state index contributed by atoms with van der Waals surface area (Å²) in [5.74, 6) is -0.330. The minimum Gasteiger partial charge on any atom is -0.348 e. The van der Waals surface area contributed by atoms with E-state index < -0.39 is 17.6 Å². The lowest BCUT2D eigenvalue weighted by atomic mass is 9.82. The number of H-pyrrole nitrogens is 1. The van der Waals surface area contributed by atoms with Crippen LogP contribution in [-0.4, -0.2) is 27.1 Å². The molecule has 0 atom stereocenters. The molecule has 2 heterocycles. The van der Waals surface area contributed by atoms with E-state index in [-0.39, 0.29) is 23.2 Å². The molecule has 156 valence electrons. The zero-order chi connectivity index (χ0) is 21.3. The first kappa shape index (κ1) is 20.1. The van der Waals surface area contributed by atoms with Crippen LogP contribution in [0.25, 0.3) is 10.8 Å². The summed E-state index contributed by atoms with van der Waals surface area (Å²) in [5.41, 5.74) is -0.308. The number of carbonyl (C=O) groups excluding carboxylic acids is 1. The molecule has 1 aliphatic carbocycles. The summed E-state index contributed by atoms with van der Waals surface area (Å²) < 4.78 is 37.9. The maximum atomic E-state index is 12.6. The first-order valence-electron chi connectivity index (χ1n) is 9.64. The molecule has 0 radical (unpaired) electrons. The van der Waals surface area contributed by atoms with E-state index in [0.29, 0.717) is 24.4 Å². The molecule has 0 unspecified atom stereocenters. The van der Waals surface area contributed by atoms with Crippen molar-refractivity contribution in [2.75, 3.05) is 0 Å². The van der Waals surface area contributed by atoms with Gasteiger partial charge in [0.05, 0.1) is 16.6 Å². The van der Waals surface area contributed by atoms with Crippen LogP contribution in [0.15, 0.2) is 47.4 Å². The van der Waals surface area contributed by atoms with Crippen molar-refractivity contribution in [3.8, 4) is 0 Å². The summed E-state index contributed by atoms with van der Waals surface area (Å²) in [4.78, 5) is 27.9. The molecule has 2 aromatic heterocycles. The fourth-order valence-electron chi connectivity index (χ4n) is 3.91. The normalized spacial score (nSPS) is 19.6. The first-order valence-corrected chi connectivity index (χ1v) is 9.64. The molecule has 2 N–H and O–H groups in total. The third-order valence-electron chi connectivity index (χ3n) is 5.50. The predicted molar refractivity (Wildman–Crippen MR) is 104 cm³/mol. The van der Waals surface area contributed by atoms with Gasteiger partial charge in [-0.2, -0.15) is 18.3 Å². The molecule has 4 rings (SSSR count). The predicted octanol–water partition coefficient (Wildman–Crippen LogP) is 3.79. The van der Waals surface area contributed by atoms with E-state index in [4.69, 9.17) is 0 Å². The number of pyridine rings is 1. The highest BCUT2D eigenvalue weighted by Gasteiger charge is 2.31. The van der Waals surface area contributed by atoms with Gasteiger partial charge in [-0.3, -0.25) is 14.6 Å². The lowest BCUT2D eigenvalue weighted by Gasteiger charge is -2.29. The summed E-state index contributed by atoms with van der Waals surface area (Å²) in [6, 6.07) is 9.18. The van der Waals surface area contributed by atoms with Gasteiger partial charge in [0.25, 0.3) is 11.5 Å². The molecule has 6 nitrogen and oxygen atoms in total. The number of hydrogen-bond acceptors (Lipinski definition) is 4. The fourth-order valence-corrected chi connectivity index (χ4v) is 3.91. The van der Waals surface area contributed by atoms with Crippen LogP contribution in [0.2, 0.25) is 0 Å². The first-order chi connectivity index (χ1) is 14.3. The van der Waals surface area contributed by atoms with Crippen molar-refractivity contribution in [1.29, 1.82) is 0 Å². The van der Waals surface area contributed by atoms with Crippen LogP contribution in [0.3, 0.4) is 0 Å². The molecule has 1 fully saturated rings. The second kappa shape index (κ2) is 7.89. The van der Waals surface area contributed by atoms with Crippen LogP contribution < -0.4 is 10.9 Å². The van der Waals surface area contributed by atoms with Crippen molar-refractivity contribution >= 4 is 16.7 Å². The molecule has 3 aromatic rings. The van der Waals surface area contributed by atoms with E-state index in [1.54, 1.807) is 6.07 Å². The Kier molecular flexibility index (Phi) is 5.27. The number of halogens is 3. The zero-order valence-electron chi connectivity index (χ0n) is 15.9. The number of rotatable bonds is 3. The van der Waals surface area contributed by atoms with Gasteiger partial charge in [0, 0.05) is 23.5 Å². The van der Waals surface area contributed by atoms with Crippen LogP contribution >= 0.6 is 0 Å². The molecule has 0 bridgehead atoms. The standard InChI is InChI=1S/C21H19F3N4O2/c22-21(23,24)13-7-10-17(25-11-13)20(30)26-14-8-5-12(6-9-14)18-15-3-1-2-4-16(15)19(29)28-27-18/h1-4,7,10-12,14H,5-6,8-9H2,(H,26,30)(H,28,29)/t12-,14-. The molecule has 0 saturated heterocycles. The zero-order valence-corrected chi connectivity index (χ0v) is 15.9. The molecule has 1 aromatic carbocycles. The lowest BCUT2D eigenvalue weighted by Crippen LogP contribution is -2.38. The third kappa shape index (κ3) is 4.05. The number of hydrogen-bond donors (Lipinski definition) is 2. The van der Waals surface area contributed by atoms with Crippen LogP contribution in [0.5, 0.6) is 0 Å². The number of aromatic nitrogens is 3. The van der Waals surface area contributed by atoms with E-state index in [2.05, 4.69) is 20.5 Å². The minimum absolute atomic E-state index is 0.0431. The molecule has 9 heteroatoms. The van der Waals surface area contributed by atoms with Gasteiger partial charge in [0.2, 0.25) is 0 Å². The van der Waals surface area contributed by atoms with Gasteiger partial charge < -0.3 is 5.32 Å². The highest BCUT2D eigenvalue weighted by molar-refractivity contribution is 5.92. The van der Waals surface area contributed by atoms with Crippen molar-refractivity contribution in [3.05, 3.63) is 69.9 Å². The number of fused-ring (bicyclic) bond motifs is 1. The molecule has 0 aliphatic heterocycles. The Labute approximate surface area is 169 Å². The van der Waals surface area contributed by atoms with E-state index in [0.717, 1.165) is 36.1 Å². The molecular weight excluding hydrogens is 397 g/mol. The largest absolute Gasteiger partial charge is 0.417 e. The molecule has 0 spiro atoms. The summed E-state index contributed by atoms with van der Waals surface area (Å²) in [6.07, 6.45) is -0.875. The smallest absolute Gasteiger partial charge is 0.348 e. The van der Waals surface area contributed by atoms with Crippen molar-refractivity contribution < 1.29 is 18.0 Å². The van der Waals surface area contributed by atoms with Gasteiger partial charge >= 0.3 is 6.18 Å². The Hall–Kier alpha value is -3.23. The van der Waals surface area contributed by atoms with Crippen molar-refractivity contribution in [3.63, 3.8) is 0 Å². The highest BCUT2D eigenvalue weighted by atomic mass is 19.4. The Morgan fingerprint density at radius 2 is 1.73 bits per heavy atom. The highest BCUT2D eigenvalue weighted by Crippen LogP contribution is 2.34. The maximum Gasteiger partial charge on any atom is 0.417 e. The Morgan fingerprint density at radius 3 is 2.37 bits per heavy atom. The number of aromatic amines is 1. The second-order valence-electron chi connectivity index (χ2n) is 7.44. The average Bonchev–Trinajstić information content (AvgIpc) is 2.74. The van der Waals surface area contributed by atoms with Crippen molar-refractivity contribution in [1.82, 2.24) is 20.5 Å². The fraction of sp³-hybridized carbons (Fsp3) is 0.333. The number of amides is 1. The summed E-state index contributed by atoms with van der Waals surface area (Å²) >= 11 is 0. The van der Waals surface area contributed by atoms with E-state index in [1.165, 1.54) is 0 Å². The molecule has 30 heavy (non-hydrogen) atoms. The number of benzene rings is 1. The number of carbonyl (C=O) groups is 1. The van der Waals surface area contributed by atoms with Gasteiger partial charge in [-0.15, -0.1) is 0 Å². The monoisotopic (exact) mass is 416 g/mol. The molecule has 1 saturated carbocycles. The van der Waals surface area contributed by atoms with Gasteiger partial charge in [-0.05, 0) is 43.9 Å². The van der Waals surface area contributed by atoms with E-state index >= 15 is 0 Å². The Morgan fingerprint density at radius 1 is 1.03 bits per heavy atom. The lowest BCUT2D eigenvalue weighted by molar-refractivity contribution is -0.137.